The van der Waals surface area contributed by atoms with Gasteiger partial charge in [0.05, 0.1) is 11.4 Å². The van der Waals surface area contributed by atoms with E-state index in [0.29, 0.717) is 28.4 Å². The predicted octanol–water partition coefficient (Wildman–Crippen LogP) is 4.14. The Morgan fingerprint density at radius 1 is 1.07 bits per heavy atom. The molecule has 0 bridgehead atoms. The van der Waals surface area contributed by atoms with Crippen LogP contribution in [0.4, 0.5) is 0 Å². The summed E-state index contributed by atoms with van der Waals surface area (Å²) < 4.78 is 29.2. The van der Waals surface area contributed by atoms with Crippen LogP contribution in [0.25, 0.3) is 11.1 Å². The van der Waals surface area contributed by atoms with Crippen LogP contribution in [0.1, 0.15) is 15.9 Å². The normalized spacial score (nSPS) is 15.3. The average molecular weight is 442 g/mol. The molecule has 1 amide bonds. The number of hydrogen-bond donors (Lipinski definition) is 1. The van der Waals surface area contributed by atoms with Crippen LogP contribution in [0, 0.1) is 0 Å². The minimum absolute atomic E-state index is 0.147. The fraction of sp³-hybridized carbons (Fsp3) is 0.174. The van der Waals surface area contributed by atoms with Crippen molar-refractivity contribution in [2.45, 2.75) is 17.4 Å². The minimum atomic E-state index is -3.22. The zero-order valence-electron chi connectivity index (χ0n) is 16.3. The van der Waals surface area contributed by atoms with Gasteiger partial charge in [-0.3, -0.25) is 4.79 Å². The maximum Gasteiger partial charge on any atom is 0.251 e. The average Bonchev–Trinajstić information content (AvgIpc) is 3.13. The molecule has 154 valence electrons. The van der Waals surface area contributed by atoms with Crippen LogP contribution in [-0.2, 0) is 16.3 Å². The van der Waals surface area contributed by atoms with Gasteiger partial charge in [-0.2, -0.15) is 0 Å². The first-order chi connectivity index (χ1) is 14.3. The number of nitrogens with one attached hydrogen (secondary N) is 1. The standard InChI is InChI=1S/C23H20ClNO4S/c1-30(27,28)21-8-5-15(6-9-21)16-7-10-22-18(11-16)13-20(29-22)14-25-23(26)17-3-2-4-19(24)12-17/h2-12,20H,13-14H2,1H3,(H,25,26). The third kappa shape index (κ3) is 4.50. The van der Waals surface area contributed by atoms with E-state index in [4.69, 9.17) is 16.3 Å². The highest BCUT2D eigenvalue weighted by Gasteiger charge is 2.24. The summed E-state index contributed by atoms with van der Waals surface area (Å²) in [7, 11) is -3.22. The van der Waals surface area contributed by atoms with E-state index < -0.39 is 9.84 Å². The number of fused-ring (bicyclic) bond motifs is 1. The van der Waals surface area contributed by atoms with Gasteiger partial charge in [-0.15, -0.1) is 0 Å². The maximum atomic E-state index is 12.3. The van der Waals surface area contributed by atoms with Crippen molar-refractivity contribution in [1.82, 2.24) is 5.32 Å². The van der Waals surface area contributed by atoms with Crippen molar-refractivity contribution in [3.05, 3.63) is 82.9 Å². The van der Waals surface area contributed by atoms with Crippen molar-refractivity contribution >= 4 is 27.3 Å². The number of rotatable bonds is 5. The van der Waals surface area contributed by atoms with Gasteiger partial charge >= 0.3 is 0 Å². The van der Waals surface area contributed by atoms with E-state index in [1.807, 2.05) is 18.2 Å². The zero-order chi connectivity index (χ0) is 21.3. The monoisotopic (exact) mass is 441 g/mol. The highest BCUT2D eigenvalue weighted by Crippen LogP contribution is 2.33. The van der Waals surface area contributed by atoms with Crippen LogP contribution in [0.15, 0.2) is 71.6 Å². The molecule has 0 spiro atoms. The second kappa shape index (κ2) is 8.13. The zero-order valence-corrected chi connectivity index (χ0v) is 17.8. The molecule has 4 rings (SSSR count). The summed E-state index contributed by atoms with van der Waals surface area (Å²) in [5, 5.41) is 3.41. The fourth-order valence-electron chi connectivity index (χ4n) is 3.45. The molecule has 0 aliphatic carbocycles. The maximum absolute atomic E-state index is 12.3. The molecule has 30 heavy (non-hydrogen) atoms. The topological polar surface area (TPSA) is 72.5 Å². The summed E-state index contributed by atoms with van der Waals surface area (Å²) in [6.45, 7) is 0.387. The lowest BCUT2D eigenvalue weighted by Gasteiger charge is -2.12. The van der Waals surface area contributed by atoms with Gasteiger partial charge in [-0.25, -0.2) is 8.42 Å². The second-order valence-electron chi connectivity index (χ2n) is 7.28. The Bertz CT molecular complexity index is 1210. The number of carbonyl (C=O) groups is 1. The van der Waals surface area contributed by atoms with Gasteiger partial charge in [-0.1, -0.05) is 35.9 Å². The SMILES string of the molecule is CS(=O)(=O)c1ccc(-c2ccc3c(c2)CC(CNC(=O)c2cccc(Cl)c2)O3)cc1. The molecule has 1 unspecified atom stereocenters. The molecule has 0 aromatic heterocycles. The molecule has 1 atom stereocenters. The van der Waals surface area contributed by atoms with Gasteiger partial charge in [0.15, 0.2) is 9.84 Å². The Hall–Kier alpha value is -2.83. The summed E-state index contributed by atoms with van der Waals surface area (Å²) in [4.78, 5) is 12.6. The van der Waals surface area contributed by atoms with Crippen LogP contribution in [-0.4, -0.2) is 33.2 Å². The number of halogens is 1. The quantitative estimate of drug-likeness (QED) is 0.645. The van der Waals surface area contributed by atoms with Crippen molar-refractivity contribution < 1.29 is 17.9 Å². The molecule has 0 saturated heterocycles. The van der Waals surface area contributed by atoms with Crippen molar-refractivity contribution in [3.8, 4) is 16.9 Å². The minimum Gasteiger partial charge on any atom is -0.488 e. The first-order valence-corrected chi connectivity index (χ1v) is 11.7. The Morgan fingerprint density at radius 2 is 1.80 bits per heavy atom. The molecule has 1 heterocycles. The van der Waals surface area contributed by atoms with Crippen LogP contribution in [0.2, 0.25) is 5.02 Å². The first kappa shape index (κ1) is 20.4. The number of benzene rings is 3. The highest BCUT2D eigenvalue weighted by atomic mass is 35.5. The van der Waals surface area contributed by atoms with Gasteiger partial charge in [0.1, 0.15) is 11.9 Å². The van der Waals surface area contributed by atoms with Crippen LogP contribution in [0.5, 0.6) is 5.75 Å². The smallest absolute Gasteiger partial charge is 0.251 e. The van der Waals surface area contributed by atoms with Crippen LogP contribution >= 0.6 is 11.6 Å². The van der Waals surface area contributed by atoms with E-state index in [1.165, 1.54) is 6.26 Å². The molecule has 1 aliphatic heterocycles. The molecular formula is C23H20ClNO4S. The second-order valence-corrected chi connectivity index (χ2v) is 9.74. The molecule has 0 saturated carbocycles. The molecule has 3 aromatic rings. The lowest BCUT2D eigenvalue weighted by Crippen LogP contribution is -2.34. The van der Waals surface area contributed by atoms with Gasteiger partial charge < -0.3 is 10.1 Å². The number of ether oxygens (including phenoxy) is 1. The molecule has 7 heteroatoms. The van der Waals surface area contributed by atoms with Crippen molar-refractivity contribution in [2.75, 3.05) is 12.8 Å². The van der Waals surface area contributed by atoms with Gasteiger partial charge in [-0.05, 0) is 59.2 Å². The molecule has 1 aliphatic rings. The fourth-order valence-corrected chi connectivity index (χ4v) is 4.27. The molecule has 5 nitrogen and oxygen atoms in total. The van der Waals surface area contributed by atoms with Crippen LogP contribution in [0.3, 0.4) is 0 Å². The van der Waals surface area contributed by atoms with Crippen LogP contribution < -0.4 is 10.1 Å². The number of sulfone groups is 1. The lowest BCUT2D eigenvalue weighted by atomic mass is 10.0. The first-order valence-electron chi connectivity index (χ1n) is 9.43. The molecule has 0 fully saturated rings. The Balaban J connectivity index is 1.42. The third-order valence-electron chi connectivity index (χ3n) is 4.99. The Kier molecular flexibility index (Phi) is 5.54. The molecule has 3 aromatic carbocycles. The van der Waals surface area contributed by atoms with Crippen molar-refractivity contribution in [1.29, 1.82) is 0 Å². The molecular weight excluding hydrogens is 422 g/mol. The highest BCUT2D eigenvalue weighted by molar-refractivity contribution is 7.90. The summed E-state index contributed by atoms with van der Waals surface area (Å²) in [6, 6.07) is 19.5. The number of carbonyl (C=O) groups excluding carboxylic acids is 1. The van der Waals surface area contributed by atoms with E-state index in [1.54, 1.807) is 48.5 Å². The van der Waals surface area contributed by atoms with Gasteiger partial charge in [0.25, 0.3) is 5.91 Å². The third-order valence-corrected chi connectivity index (χ3v) is 6.36. The van der Waals surface area contributed by atoms with Crippen molar-refractivity contribution in [2.24, 2.45) is 0 Å². The summed E-state index contributed by atoms with van der Waals surface area (Å²) >= 11 is 5.94. The Labute approximate surface area is 180 Å². The number of hydrogen-bond acceptors (Lipinski definition) is 4. The Morgan fingerprint density at radius 3 is 2.50 bits per heavy atom. The molecule has 0 radical (unpaired) electrons. The van der Waals surface area contributed by atoms with Gasteiger partial charge in [0, 0.05) is 23.3 Å². The summed E-state index contributed by atoms with van der Waals surface area (Å²) in [6.07, 6.45) is 1.73. The summed E-state index contributed by atoms with van der Waals surface area (Å²) in [5.74, 6) is 0.609. The van der Waals surface area contributed by atoms with E-state index in [9.17, 15) is 13.2 Å². The number of amides is 1. The van der Waals surface area contributed by atoms with Crippen molar-refractivity contribution in [3.63, 3.8) is 0 Å². The largest absolute Gasteiger partial charge is 0.488 e. The predicted molar refractivity (Wildman–Crippen MR) is 117 cm³/mol. The van der Waals surface area contributed by atoms with E-state index in [-0.39, 0.29) is 12.0 Å². The lowest BCUT2D eigenvalue weighted by molar-refractivity contribution is 0.0933. The van der Waals surface area contributed by atoms with Gasteiger partial charge in [0.2, 0.25) is 0 Å². The van der Waals surface area contributed by atoms with E-state index >= 15 is 0 Å². The van der Waals surface area contributed by atoms with E-state index in [0.717, 1.165) is 22.4 Å². The van der Waals surface area contributed by atoms with E-state index in [2.05, 4.69) is 5.32 Å². The molecule has 1 N–H and O–H groups in total. The summed E-state index contributed by atoms with van der Waals surface area (Å²) in [5.41, 5.74) is 3.49.